The number of nitrogens with one attached hydrogen (secondary N) is 2. The third kappa shape index (κ3) is 7.77. The summed E-state index contributed by atoms with van der Waals surface area (Å²) in [7, 11) is 2.02. The number of aliphatic hydroxyl groups excluding tert-OH is 1. The fraction of sp³-hybridized carbons (Fsp3) is 0.367. The van der Waals surface area contributed by atoms with Crippen LogP contribution in [0, 0.1) is 11.7 Å². The summed E-state index contributed by atoms with van der Waals surface area (Å²) < 4.78 is 19.7. The molecule has 40 heavy (non-hydrogen) atoms. The fourth-order valence-corrected chi connectivity index (χ4v) is 4.72. The lowest BCUT2D eigenvalue weighted by Gasteiger charge is -2.34. The van der Waals surface area contributed by atoms with E-state index >= 15 is 0 Å². The Labute approximate surface area is 234 Å². The highest BCUT2D eigenvalue weighted by Crippen LogP contribution is 2.29. The first-order valence-electron chi connectivity index (χ1n) is 13.3. The molecule has 9 nitrogen and oxygen atoms in total. The van der Waals surface area contributed by atoms with Crippen LogP contribution in [0.1, 0.15) is 25.0 Å². The van der Waals surface area contributed by atoms with Crippen LogP contribution in [0.3, 0.4) is 0 Å². The van der Waals surface area contributed by atoms with Crippen molar-refractivity contribution in [2.45, 2.75) is 39.0 Å². The molecule has 0 bridgehead atoms. The lowest BCUT2D eigenvalue weighted by molar-refractivity contribution is -0.134. The summed E-state index contributed by atoms with van der Waals surface area (Å²) in [6.07, 6.45) is 3.35. The normalized spacial score (nSPS) is 18.1. The van der Waals surface area contributed by atoms with Gasteiger partial charge in [0.2, 0.25) is 5.91 Å². The van der Waals surface area contributed by atoms with E-state index in [1.165, 1.54) is 24.3 Å². The number of anilines is 2. The maximum atomic E-state index is 13.4. The van der Waals surface area contributed by atoms with Crippen molar-refractivity contribution >= 4 is 23.3 Å². The number of likely N-dealkylation sites (N-methyl/N-ethyl adjacent to an activating group) is 1. The largest absolute Gasteiger partial charge is 0.488 e. The van der Waals surface area contributed by atoms with E-state index in [0.717, 1.165) is 5.56 Å². The van der Waals surface area contributed by atoms with Crippen LogP contribution in [0.4, 0.5) is 20.6 Å². The number of ether oxygens (including phenoxy) is 1. The molecule has 3 aromatic rings. The minimum atomic E-state index is -0.498. The van der Waals surface area contributed by atoms with Crippen molar-refractivity contribution in [1.29, 1.82) is 0 Å². The second kappa shape index (κ2) is 13.4. The van der Waals surface area contributed by atoms with Gasteiger partial charge in [-0.1, -0.05) is 6.92 Å². The fourth-order valence-electron chi connectivity index (χ4n) is 4.72. The van der Waals surface area contributed by atoms with E-state index < -0.39 is 11.8 Å². The van der Waals surface area contributed by atoms with Crippen molar-refractivity contribution < 1.29 is 23.8 Å². The average Bonchev–Trinajstić information content (AvgIpc) is 2.97. The molecule has 3 N–H and O–H groups in total. The Morgan fingerprint density at radius 2 is 1.82 bits per heavy atom. The number of carbonyl (C=O) groups excluding carboxylic acids is 2. The number of hydrogen-bond donors (Lipinski definition) is 3. The highest BCUT2D eigenvalue weighted by molar-refractivity contribution is 5.99. The van der Waals surface area contributed by atoms with Crippen molar-refractivity contribution in [1.82, 2.24) is 14.8 Å². The predicted octanol–water partition coefficient (Wildman–Crippen LogP) is 4.15. The Balaban J connectivity index is 1.55. The number of rotatable bonds is 8. The van der Waals surface area contributed by atoms with Crippen LogP contribution in [0.5, 0.6) is 5.75 Å². The molecule has 1 aliphatic rings. The van der Waals surface area contributed by atoms with Gasteiger partial charge in [0, 0.05) is 54.9 Å². The smallest absolute Gasteiger partial charge is 0.323 e. The van der Waals surface area contributed by atoms with Crippen molar-refractivity contribution in [3.63, 3.8) is 0 Å². The average molecular weight is 550 g/mol. The quantitative estimate of drug-likeness (QED) is 0.390. The van der Waals surface area contributed by atoms with Gasteiger partial charge in [0.05, 0.1) is 19.1 Å². The van der Waals surface area contributed by atoms with Gasteiger partial charge in [0.1, 0.15) is 17.7 Å². The SMILES string of the molecule is C[C@@H]1CN([C@H](C)CO)C(=O)Cc2cc(NC(=O)Nc3ccc(F)cc3)ccc2O[C@H]1CN(C)Cc1ccncc1. The van der Waals surface area contributed by atoms with Crippen molar-refractivity contribution in [2.24, 2.45) is 5.92 Å². The molecule has 0 saturated carbocycles. The van der Waals surface area contributed by atoms with Gasteiger partial charge in [-0.2, -0.15) is 0 Å². The number of aliphatic hydroxyl groups is 1. The molecule has 4 rings (SSSR count). The molecule has 0 saturated heterocycles. The molecule has 10 heteroatoms. The van der Waals surface area contributed by atoms with E-state index in [1.807, 2.05) is 26.1 Å². The molecule has 2 heterocycles. The lowest BCUT2D eigenvalue weighted by atomic mass is 10.0. The molecule has 0 radical (unpaired) electrons. The zero-order valence-corrected chi connectivity index (χ0v) is 23.0. The Kier molecular flexibility index (Phi) is 9.68. The van der Waals surface area contributed by atoms with Crippen LogP contribution in [-0.2, 0) is 17.8 Å². The summed E-state index contributed by atoms with van der Waals surface area (Å²) in [6.45, 7) is 5.49. The van der Waals surface area contributed by atoms with Crippen LogP contribution in [0.2, 0.25) is 0 Å². The van der Waals surface area contributed by atoms with E-state index in [4.69, 9.17) is 4.74 Å². The number of hydrogen-bond acceptors (Lipinski definition) is 6. The summed E-state index contributed by atoms with van der Waals surface area (Å²) in [6, 6.07) is 13.8. The van der Waals surface area contributed by atoms with Crippen molar-refractivity contribution in [3.8, 4) is 5.75 Å². The summed E-state index contributed by atoms with van der Waals surface area (Å²) in [4.78, 5) is 33.9. The van der Waals surface area contributed by atoms with Gasteiger partial charge in [-0.3, -0.25) is 14.7 Å². The van der Waals surface area contributed by atoms with Crippen LogP contribution in [0.15, 0.2) is 67.0 Å². The number of pyridine rings is 1. The minimum absolute atomic E-state index is 0.0249. The van der Waals surface area contributed by atoms with Crippen LogP contribution < -0.4 is 15.4 Å². The summed E-state index contributed by atoms with van der Waals surface area (Å²) in [5.74, 6) is 0.0273. The van der Waals surface area contributed by atoms with Gasteiger partial charge in [-0.15, -0.1) is 0 Å². The standard InChI is InChI=1S/C30H36FN5O4/c1-20-16-36(21(2)19-37)29(38)15-23-14-26(34-30(39)33-25-6-4-24(31)5-7-25)8-9-27(23)40-28(20)18-35(3)17-22-10-12-32-13-11-22/h4-14,20-21,28,37H,15-19H2,1-3H3,(H2,33,34,39)/t20-,21-,28+/m1/s1. The van der Waals surface area contributed by atoms with Gasteiger partial charge in [-0.25, -0.2) is 9.18 Å². The van der Waals surface area contributed by atoms with Gasteiger partial charge in [0.25, 0.3) is 0 Å². The molecular formula is C30H36FN5O4. The molecule has 1 aromatic heterocycles. The van der Waals surface area contributed by atoms with Crippen LogP contribution in [-0.4, -0.2) is 70.7 Å². The monoisotopic (exact) mass is 549 g/mol. The Hall–Kier alpha value is -4.02. The number of fused-ring (bicyclic) bond motifs is 1. The molecule has 212 valence electrons. The van der Waals surface area contributed by atoms with E-state index in [0.29, 0.717) is 42.3 Å². The molecule has 3 amide bonds. The van der Waals surface area contributed by atoms with E-state index in [2.05, 4.69) is 27.4 Å². The summed E-state index contributed by atoms with van der Waals surface area (Å²) >= 11 is 0. The maximum Gasteiger partial charge on any atom is 0.323 e. The molecule has 2 aromatic carbocycles. The Bertz CT molecular complexity index is 1290. The topological polar surface area (TPSA) is 107 Å². The molecule has 0 aliphatic carbocycles. The maximum absolute atomic E-state index is 13.4. The number of nitrogens with zero attached hydrogens (tertiary/aromatic N) is 3. The second-order valence-electron chi connectivity index (χ2n) is 10.3. The Morgan fingerprint density at radius 3 is 2.52 bits per heavy atom. The number of amides is 3. The molecule has 1 aliphatic heterocycles. The third-order valence-corrected chi connectivity index (χ3v) is 6.97. The van der Waals surface area contributed by atoms with Gasteiger partial charge >= 0.3 is 6.03 Å². The Morgan fingerprint density at radius 1 is 1.15 bits per heavy atom. The van der Waals surface area contributed by atoms with Crippen molar-refractivity contribution in [3.05, 3.63) is 83.9 Å². The highest BCUT2D eigenvalue weighted by Gasteiger charge is 2.31. The van der Waals surface area contributed by atoms with Crippen molar-refractivity contribution in [2.75, 3.05) is 37.4 Å². The lowest BCUT2D eigenvalue weighted by Crippen LogP contribution is -2.47. The summed E-state index contributed by atoms with van der Waals surface area (Å²) in [5.41, 5.74) is 2.70. The van der Waals surface area contributed by atoms with Gasteiger partial charge < -0.3 is 25.4 Å². The number of halogens is 1. The second-order valence-corrected chi connectivity index (χ2v) is 10.3. The van der Waals surface area contributed by atoms with Gasteiger partial charge in [0.15, 0.2) is 0 Å². The summed E-state index contributed by atoms with van der Waals surface area (Å²) in [5, 5.41) is 15.3. The van der Waals surface area contributed by atoms with Crippen LogP contribution in [0.25, 0.3) is 0 Å². The number of carbonyl (C=O) groups is 2. The number of aromatic nitrogens is 1. The predicted molar refractivity (Wildman–Crippen MR) is 152 cm³/mol. The number of urea groups is 1. The third-order valence-electron chi connectivity index (χ3n) is 6.97. The first-order valence-corrected chi connectivity index (χ1v) is 13.3. The first kappa shape index (κ1) is 29.0. The minimum Gasteiger partial charge on any atom is -0.488 e. The van der Waals surface area contributed by atoms with Crippen LogP contribution >= 0.6 is 0 Å². The zero-order chi connectivity index (χ0) is 28.6. The molecule has 0 unspecified atom stereocenters. The molecule has 0 spiro atoms. The van der Waals surface area contributed by atoms with E-state index in [9.17, 15) is 19.1 Å². The van der Waals surface area contributed by atoms with Gasteiger partial charge in [-0.05, 0) is 74.1 Å². The number of benzene rings is 2. The van der Waals surface area contributed by atoms with E-state index in [-0.39, 0.29) is 37.0 Å². The molecule has 3 atom stereocenters. The zero-order valence-electron chi connectivity index (χ0n) is 23.0. The first-order chi connectivity index (χ1) is 19.2. The molecular weight excluding hydrogens is 513 g/mol. The molecule has 0 fully saturated rings. The van der Waals surface area contributed by atoms with E-state index in [1.54, 1.807) is 35.5 Å². The highest BCUT2D eigenvalue weighted by atomic mass is 19.1.